The molecule has 8 heteroatoms. The topological polar surface area (TPSA) is 116 Å². The summed E-state index contributed by atoms with van der Waals surface area (Å²) < 4.78 is 17.0. The molecule has 0 aliphatic rings. The quantitative estimate of drug-likeness (QED) is 0.403. The highest BCUT2D eigenvalue weighted by Crippen LogP contribution is 2.31. The third kappa shape index (κ3) is 6.04. The number of carbonyl (C=O) groups excluding carboxylic acids is 1. The number of benzene rings is 2. The van der Waals surface area contributed by atoms with Crippen LogP contribution >= 0.6 is 0 Å². The molecular weight excluding hydrogens is 422 g/mol. The fourth-order valence-corrected chi connectivity index (χ4v) is 3.39. The first-order chi connectivity index (χ1) is 15.7. The van der Waals surface area contributed by atoms with Crippen molar-refractivity contribution in [1.82, 2.24) is 10.3 Å². The Kier molecular flexibility index (Phi) is 7.60. The van der Waals surface area contributed by atoms with Gasteiger partial charge in [-0.25, -0.2) is 0 Å². The summed E-state index contributed by atoms with van der Waals surface area (Å²) in [5.41, 5.74) is 8.16. The number of nitrogen functional groups attached to an aromatic ring is 1. The molecule has 0 aliphatic heterocycles. The number of aliphatic hydroxyl groups excluding tert-OH is 1. The van der Waals surface area contributed by atoms with Gasteiger partial charge < -0.3 is 30.4 Å². The average molecular weight is 454 g/mol. The van der Waals surface area contributed by atoms with E-state index in [1.54, 1.807) is 18.2 Å². The van der Waals surface area contributed by atoms with Gasteiger partial charge in [-0.2, -0.15) is 0 Å². The third-order valence-corrected chi connectivity index (χ3v) is 4.98. The zero-order chi connectivity index (χ0) is 24.0. The van der Waals surface area contributed by atoms with Crippen molar-refractivity contribution >= 4 is 22.5 Å². The number of hydrogen-bond acceptors (Lipinski definition) is 7. The SMILES string of the molecule is COc1ccc(C(=O)NC(C)(C)COc2cccc3nc(C)cc(N)c23)cc1OCCCO. The van der Waals surface area contributed by atoms with Crippen molar-refractivity contribution in [3.8, 4) is 17.2 Å². The lowest BCUT2D eigenvalue weighted by molar-refractivity contribution is 0.0881. The van der Waals surface area contributed by atoms with Crippen LogP contribution in [0.3, 0.4) is 0 Å². The maximum absolute atomic E-state index is 12.9. The number of nitrogens with zero attached hydrogens (tertiary/aromatic N) is 1. The number of nitrogens with one attached hydrogen (secondary N) is 1. The van der Waals surface area contributed by atoms with Crippen LogP contribution in [0.2, 0.25) is 0 Å². The van der Waals surface area contributed by atoms with Crippen molar-refractivity contribution in [1.29, 1.82) is 0 Å². The molecule has 3 rings (SSSR count). The molecule has 0 bridgehead atoms. The number of pyridine rings is 1. The highest BCUT2D eigenvalue weighted by atomic mass is 16.5. The molecule has 0 spiro atoms. The first-order valence-corrected chi connectivity index (χ1v) is 10.8. The zero-order valence-electron chi connectivity index (χ0n) is 19.5. The van der Waals surface area contributed by atoms with E-state index in [0.29, 0.717) is 41.5 Å². The van der Waals surface area contributed by atoms with Crippen molar-refractivity contribution in [2.45, 2.75) is 32.7 Å². The normalized spacial score (nSPS) is 11.3. The van der Waals surface area contributed by atoms with E-state index in [2.05, 4.69) is 10.3 Å². The minimum Gasteiger partial charge on any atom is -0.493 e. The van der Waals surface area contributed by atoms with E-state index in [1.165, 1.54) is 7.11 Å². The fourth-order valence-electron chi connectivity index (χ4n) is 3.39. The molecule has 4 N–H and O–H groups in total. The number of aromatic nitrogens is 1. The number of anilines is 1. The standard InChI is InChI=1S/C25H31N3O5/c1-16-13-18(26)23-19(27-16)7-5-8-21(23)33-15-25(2,3)28-24(30)17-9-10-20(31-4)22(14-17)32-12-6-11-29/h5,7-10,13-14,29H,6,11-12,15H2,1-4H3,(H2,26,27)(H,28,30). The van der Waals surface area contributed by atoms with Gasteiger partial charge in [-0.3, -0.25) is 9.78 Å². The summed E-state index contributed by atoms with van der Waals surface area (Å²) in [6, 6.07) is 12.4. The molecule has 1 amide bonds. The second-order valence-corrected chi connectivity index (χ2v) is 8.42. The van der Waals surface area contributed by atoms with E-state index in [4.69, 9.17) is 25.1 Å². The molecule has 0 aliphatic carbocycles. The summed E-state index contributed by atoms with van der Waals surface area (Å²) in [4.78, 5) is 17.4. The number of hydrogen-bond donors (Lipinski definition) is 3. The molecule has 0 unspecified atom stereocenters. The minimum absolute atomic E-state index is 0.0225. The van der Waals surface area contributed by atoms with E-state index in [1.807, 2.05) is 45.0 Å². The molecule has 2 aromatic carbocycles. The average Bonchev–Trinajstić information content (AvgIpc) is 2.77. The number of aryl methyl sites for hydroxylation is 1. The van der Waals surface area contributed by atoms with Crippen molar-refractivity contribution in [2.75, 3.05) is 32.7 Å². The lowest BCUT2D eigenvalue weighted by atomic mass is 10.1. The molecular formula is C25H31N3O5. The Morgan fingerprint density at radius 2 is 1.91 bits per heavy atom. The van der Waals surface area contributed by atoms with Gasteiger partial charge >= 0.3 is 0 Å². The third-order valence-electron chi connectivity index (χ3n) is 4.98. The van der Waals surface area contributed by atoms with Gasteiger partial charge in [-0.15, -0.1) is 0 Å². The van der Waals surface area contributed by atoms with E-state index in [9.17, 15) is 4.79 Å². The van der Waals surface area contributed by atoms with E-state index in [-0.39, 0.29) is 19.1 Å². The van der Waals surface area contributed by atoms with Crippen LogP contribution in [0.5, 0.6) is 17.2 Å². The summed E-state index contributed by atoms with van der Waals surface area (Å²) in [6.45, 7) is 6.22. The number of ether oxygens (including phenoxy) is 3. The van der Waals surface area contributed by atoms with Gasteiger partial charge in [-0.05, 0) is 57.2 Å². The zero-order valence-corrected chi connectivity index (χ0v) is 19.5. The maximum Gasteiger partial charge on any atom is 0.251 e. The molecule has 0 fully saturated rings. The number of amides is 1. The van der Waals surface area contributed by atoms with Crippen molar-refractivity contribution in [3.05, 3.63) is 53.7 Å². The molecule has 0 atom stereocenters. The molecule has 1 heterocycles. The number of methoxy groups -OCH3 is 1. The summed E-state index contributed by atoms with van der Waals surface area (Å²) in [7, 11) is 1.53. The van der Waals surface area contributed by atoms with Crippen LogP contribution in [-0.2, 0) is 0 Å². The lowest BCUT2D eigenvalue weighted by Crippen LogP contribution is -2.47. The van der Waals surface area contributed by atoms with Crippen molar-refractivity contribution in [2.24, 2.45) is 0 Å². The first-order valence-electron chi connectivity index (χ1n) is 10.8. The highest BCUT2D eigenvalue weighted by molar-refractivity contribution is 5.96. The summed E-state index contributed by atoms with van der Waals surface area (Å²) >= 11 is 0. The smallest absolute Gasteiger partial charge is 0.251 e. The Labute approximate surface area is 193 Å². The highest BCUT2D eigenvalue weighted by Gasteiger charge is 2.24. The van der Waals surface area contributed by atoms with Gasteiger partial charge in [0.25, 0.3) is 5.91 Å². The predicted molar refractivity (Wildman–Crippen MR) is 128 cm³/mol. The van der Waals surface area contributed by atoms with Crippen LogP contribution in [0, 0.1) is 6.92 Å². The van der Waals surface area contributed by atoms with Crippen LogP contribution in [-0.4, -0.2) is 48.5 Å². The molecule has 8 nitrogen and oxygen atoms in total. The second-order valence-electron chi connectivity index (χ2n) is 8.42. The van der Waals surface area contributed by atoms with E-state index in [0.717, 1.165) is 16.6 Å². The first kappa shape index (κ1) is 24.1. The molecule has 0 radical (unpaired) electrons. The molecule has 33 heavy (non-hydrogen) atoms. The Balaban J connectivity index is 1.71. The van der Waals surface area contributed by atoms with Crippen LogP contribution in [0.1, 0.15) is 36.3 Å². The Bertz CT molecular complexity index is 1130. The largest absolute Gasteiger partial charge is 0.493 e. The number of fused-ring (bicyclic) bond motifs is 1. The molecule has 176 valence electrons. The number of aliphatic hydroxyl groups is 1. The minimum atomic E-state index is -0.677. The van der Waals surface area contributed by atoms with Crippen molar-refractivity contribution in [3.63, 3.8) is 0 Å². The van der Waals surface area contributed by atoms with Gasteiger partial charge in [0, 0.05) is 30.0 Å². The predicted octanol–water partition coefficient (Wildman–Crippen LogP) is 3.48. The van der Waals surface area contributed by atoms with Crippen molar-refractivity contribution < 1.29 is 24.1 Å². The van der Waals surface area contributed by atoms with Crippen LogP contribution in [0.4, 0.5) is 5.69 Å². The number of carbonyl (C=O) groups is 1. The number of nitrogens with two attached hydrogens (primary N) is 1. The Hall–Kier alpha value is -3.52. The van der Waals surface area contributed by atoms with Gasteiger partial charge in [0.2, 0.25) is 0 Å². The summed E-state index contributed by atoms with van der Waals surface area (Å²) in [6.07, 6.45) is 0.484. The van der Waals surface area contributed by atoms with Crippen LogP contribution < -0.4 is 25.3 Å². The second kappa shape index (κ2) is 10.4. The summed E-state index contributed by atoms with van der Waals surface area (Å²) in [5.74, 6) is 1.31. The van der Waals surface area contributed by atoms with Gasteiger partial charge in [-0.1, -0.05) is 6.07 Å². The van der Waals surface area contributed by atoms with E-state index < -0.39 is 5.54 Å². The monoisotopic (exact) mass is 453 g/mol. The van der Waals surface area contributed by atoms with Gasteiger partial charge in [0.1, 0.15) is 12.4 Å². The molecule has 1 aromatic heterocycles. The molecule has 0 saturated carbocycles. The maximum atomic E-state index is 12.9. The van der Waals surface area contributed by atoms with E-state index >= 15 is 0 Å². The fraction of sp³-hybridized carbons (Fsp3) is 0.360. The van der Waals surface area contributed by atoms with Gasteiger partial charge in [0.05, 0.1) is 30.2 Å². The lowest BCUT2D eigenvalue weighted by Gasteiger charge is -2.27. The van der Waals surface area contributed by atoms with Crippen LogP contribution in [0.15, 0.2) is 42.5 Å². The summed E-state index contributed by atoms with van der Waals surface area (Å²) in [5, 5.41) is 12.7. The Morgan fingerprint density at radius 1 is 1.12 bits per heavy atom. The van der Waals surface area contributed by atoms with Gasteiger partial charge in [0.15, 0.2) is 11.5 Å². The van der Waals surface area contributed by atoms with Crippen LogP contribution in [0.25, 0.3) is 10.9 Å². The molecule has 3 aromatic rings. The number of rotatable bonds is 10. The Morgan fingerprint density at radius 3 is 2.64 bits per heavy atom. The molecule has 0 saturated heterocycles.